The zero-order valence-electron chi connectivity index (χ0n) is 21.4. The first-order valence-corrected chi connectivity index (χ1v) is 12.5. The first kappa shape index (κ1) is 27.0. The molecule has 4 rings (SSSR count). The molecule has 2 atom stereocenters. The molecule has 1 amide bonds. The number of fused-ring (bicyclic) bond motifs is 1. The number of carbonyl (C=O) groups is 3. The van der Waals surface area contributed by atoms with Gasteiger partial charge in [0.1, 0.15) is 17.5 Å². The zero-order valence-corrected chi connectivity index (χ0v) is 21.4. The monoisotopic (exact) mass is 518 g/mol. The van der Waals surface area contributed by atoms with E-state index in [0.29, 0.717) is 13.0 Å². The summed E-state index contributed by atoms with van der Waals surface area (Å²) in [6, 6.07) is 17.6. The molecule has 1 aliphatic heterocycles. The molecule has 0 aromatic heterocycles. The van der Waals surface area contributed by atoms with Crippen LogP contribution in [0.3, 0.4) is 0 Å². The van der Waals surface area contributed by atoms with Crippen molar-refractivity contribution in [1.82, 2.24) is 5.32 Å². The standard InChI is InChI=1S/C30H31FN2O5/c1-30(2,17-18-3-11-23(31)12-4-18)33-25(28(32)35)16-24(29(36)37)27(34)21-8-5-19(6-9-21)22-10-7-20-13-14-38-26(20)15-22/h3-12,15,24-25,33H,13-14,16-17H2,1-2H3,(H2,32,35)(H,36,37)/t24?,25-/m0/s1. The Balaban J connectivity index is 1.47. The van der Waals surface area contributed by atoms with Crippen molar-refractivity contribution in [2.75, 3.05) is 6.61 Å². The van der Waals surface area contributed by atoms with Gasteiger partial charge in [-0.1, -0.05) is 48.5 Å². The van der Waals surface area contributed by atoms with Crippen molar-refractivity contribution in [2.24, 2.45) is 11.7 Å². The van der Waals surface area contributed by atoms with Crippen molar-refractivity contribution < 1.29 is 28.6 Å². The van der Waals surface area contributed by atoms with Crippen LogP contribution in [0, 0.1) is 11.7 Å². The summed E-state index contributed by atoms with van der Waals surface area (Å²) in [6.45, 7) is 4.31. The minimum atomic E-state index is -1.47. The third-order valence-electron chi connectivity index (χ3n) is 6.75. The Bertz CT molecular complexity index is 1340. The van der Waals surface area contributed by atoms with Crippen LogP contribution in [0.15, 0.2) is 66.7 Å². The Morgan fingerprint density at radius 3 is 2.32 bits per heavy atom. The number of nitrogens with two attached hydrogens (primary N) is 1. The van der Waals surface area contributed by atoms with Crippen molar-refractivity contribution >= 4 is 17.7 Å². The molecule has 0 radical (unpaired) electrons. The smallest absolute Gasteiger partial charge is 0.314 e. The van der Waals surface area contributed by atoms with Crippen molar-refractivity contribution in [3.63, 3.8) is 0 Å². The number of nitrogens with one attached hydrogen (secondary N) is 1. The van der Waals surface area contributed by atoms with E-state index in [1.54, 1.807) is 36.4 Å². The summed E-state index contributed by atoms with van der Waals surface area (Å²) in [4.78, 5) is 37.6. The van der Waals surface area contributed by atoms with Gasteiger partial charge in [0.15, 0.2) is 5.78 Å². The lowest BCUT2D eigenvalue weighted by Crippen LogP contribution is -2.54. The molecular formula is C30H31FN2O5. The Morgan fingerprint density at radius 2 is 1.68 bits per heavy atom. The number of ketones is 1. The van der Waals surface area contributed by atoms with E-state index in [2.05, 4.69) is 5.32 Å². The number of primary amides is 1. The predicted molar refractivity (Wildman–Crippen MR) is 141 cm³/mol. The molecule has 198 valence electrons. The van der Waals surface area contributed by atoms with Crippen LogP contribution in [0.2, 0.25) is 0 Å². The predicted octanol–water partition coefficient (Wildman–Crippen LogP) is 4.17. The van der Waals surface area contributed by atoms with Gasteiger partial charge in [0.25, 0.3) is 0 Å². The summed E-state index contributed by atoms with van der Waals surface area (Å²) in [5, 5.41) is 13.0. The normalized spacial score (nSPS) is 14.3. The van der Waals surface area contributed by atoms with Gasteiger partial charge >= 0.3 is 5.97 Å². The summed E-state index contributed by atoms with van der Waals surface area (Å²) < 4.78 is 18.9. The molecule has 1 heterocycles. The fourth-order valence-corrected chi connectivity index (χ4v) is 4.81. The first-order valence-electron chi connectivity index (χ1n) is 12.5. The van der Waals surface area contributed by atoms with Crippen LogP contribution in [0.4, 0.5) is 4.39 Å². The zero-order chi connectivity index (χ0) is 27.4. The Hall–Kier alpha value is -4.04. The second-order valence-electron chi connectivity index (χ2n) is 10.3. The summed E-state index contributed by atoms with van der Waals surface area (Å²) in [6.07, 6.45) is 1.00. The van der Waals surface area contributed by atoms with Crippen molar-refractivity contribution in [1.29, 1.82) is 0 Å². The Kier molecular flexibility index (Phi) is 7.92. The highest BCUT2D eigenvalue weighted by molar-refractivity contribution is 6.08. The van der Waals surface area contributed by atoms with E-state index in [4.69, 9.17) is 10.5 Å². The summed E-state index contributed by atoms with van der Waals surface area (Å²) >= 11 is 0. The lowest BCUT2D eigenvalue weighted by molar-refractivity contribution is -0.140. The molecule has 0 saturated heterocycles. The maximum atomic E-state index is 13.3. The molecule has 0 saturated carbocycles. The van der Waals surface area contributed by atoms with Crippen LogP contribution >= 0.6 is 0 Å². The summed E-state index contributed by atoms with van der Waals surface area (Å²) in [5.74, 6) is -3.68. The van der Waals surface area contributed by atoms with Gasteiger partial charge in [-0.25, -0.2) is 4.39 Å². The van der Waals surface area contributed by atoms with Crippen LogP contribution < -0.4 is 15.8 Å². The minimum absolute atomic E-state index is 0.229. The largest absolute Gasteiger partial charge is 0.493 e. The van der Waals surface area contributed by atoms with E-state index in [1.165, 1.54) is 12.1 Å². The number of Topliss-reactive ketones (excluding diaryl/α,β-unsaturated/α-hetero) is 1. The number of rotatable bonds is 11. The van der Waals surface area contributed by atoms with Gasteiger partial charge in [-0.15, -0.1) is 0 Å². The molecule has 0 aliphatic carbocycles. The molecule has 4 N–H and O–H groups in total. The van der Waals surface area contributed by atoms with Gasteiger partial charge in [-0.05, 0) is 67.1 Å². The van der Waals surface area contributed by atoms with E-state index in [-0.39, 0.29) is 17.8 Å². The molecule has 1 unspecified atom stereocenters. The number of carbonyl (C=O) groups excluding carboxylic acids is 2. The van der Waals surface area contributed by atoms with Crippen molar-refractivity contribution in [3.05, 3.63) is 89.2 Å². The number of hydrogen-bond donors (Lipinski definition) is 3. The van der Waals surface area contributed by atoms with Crippen molar-refractivity contribution in [2.45, 2.75) is 44.7 Å². The Labute approximate surface area is 220 Å². The number of carboxylic acid groups (broad SMARTS) is 1. The summed E-state index contributed by atoms with van der Waals surface area (Å²) in [7, 11) is 0. The third-order valence-corrected chi connectivity index (χ3v) is 6.75. The second-order valence-corrected chi connectivity index (χ2v) is 10.3. The number of hydrogen-bond acceptors (Lipinski definition) is 5. The molecule has 8 heteroatoms. The second kappa shape index (κ2) is 11.1. The number of amides is 1. The minimum Gasteiger partial charge on any atom is -0.493 e. The van der Waals surface area contributed by atoms with Gasteiger partial charge in [0.05, 0.1) is 12.6 Å². The van der Waals surface area contributed by atoms with Gasteiger partial charge in [0.2, 0.25) is 5.91 Å². The van der Waals surface area contributed by atoms with Crippen LogP contribution in [0.1, 0.15) is 41.8 Å². The fourth-order valence-electron chi connectivity index (χ4n) is 4.81. The molecule has 38 heavy (non-hydrogen) atoms. The number of aliphatic carboxylic acids is 1. The molecule has 3 aromatic rings. The number of benzene rings is 3. The molecule has 0 fully saturated rings. The first-order chi connectivity index (χ1) is 18.0. The highest BCUT2D eigenvalue weighted by Gasteiger charge is 2.35. The summed E-state index contributed by atoms with van der Waals surface area (Å²) in [5.41, 5.74) is 8.92. The van der Waals surface area contributed by atoms with Crippen LogP contribution in [-0.4, -0.2) is 41.0 Å². The number of carboxylic acids is 1. The molecule has 7 nitrogen and oxygen atoms in total. The van der Waals surface area contributed by atoms with Crippen LogP contribution in [0.25, 0.3) is 11.1 Å². The third kappa shape index (κ3) is 6.44. The number of ether oxygens (including phenoxy) is 1. The van der Waals surface area contributed by atoms with E-state index in [0.717, 1.165) is 34.4 Å². The maximum Gasteiger partial charge on any atom is 0.314 e. The molecule has 3 aromatic carbocycles. The quantitative estimate of drug-likeness (QED) is 0.259. The maximum absolute atomic E-state index is 13.3. The topological polar surface area (TPSA) is 119 Å². The molecule has 1 aliphatic rings. The van der Waals surface area contributed by atoms with Gasteiger partial charge < -0.3 is 20.9 Å². The van der Waals surface area contributed by atoms with Crippen LogP contribution in [0.5, 0.6) is 5.75 Å². The van der Waals surface area contributed by atoms with Gasteiger partial charge in [0, 0.05) is 17.5 Å². The highest BCUT2D eigenvalue weighted by Crippen LogP contribution is 2.31. The Morgan fingerprint density at radius 1 is 1.03 bits per heavy atom. The van der Waals surface area contributed by atoms with E-state index < -0.39 is 35.2 Å². The van der Waals surface area contributed by atoms with Gasteiger partial charge in [-0.3, -0.25) is 14.4 Å². The highest BCUT2D eigenvalue weighted by atomic mass is 19.1. The molecule has 0 spiro atoms. The SMILES string of the molecule is CC(C)(Cc1ccc(F)cc1)N[C@@H](CC(C(=O)O)C(=O)c1ccc(-c2ccc3c(c2)OCC3)cc1)C(N)=O. The molecular weight excluding hydrogens is 487 g/mol. The van der Waals surface area contributed by atoms with Gasteiger partial charge in [-0.2, -0.15) is 0 Å². The molecule has 0 bridgehead atoms. The fraction of sp³-hybridized carbons (Fsp3) is 0.300. The average Bonchev–Trinajstić information content (AvgIpc) is 3.35. The average molecular weight is 519 g/mol. The van der Waals surface area contributed by atoms with Crippen LogP contribution in [-0.2, 0) is 22.4 Å². The lowest BCUT2D eigenvalue weighted by atomic mass is 9.88. The van der Waals surface area contributed by atoms with E-state index in [1.807, 2.05) is 32.0 Å². The lowest BCUT2D eigenvalue weighted by Gasteiger charge is -2.31. The number of halogens is 1. The van der Waals surface area contributed by atoms with Crippen molar-refractivity contribution in [3.8, 4) is 16.9 Å². The van der Waals surface area contributed by atoms with E-state index >= 15 is 0 Å². The van der Waals surface area contributed by atoms with E-state index in [9.17, 15) is 23.9 Å².